The molecule has 1 aliphatic heterocycles. The first-order valence-electron chi connectivity index (χ1n) is 9.32. The number of amides is 1. The number of methoxy groups -OCH3 is 2. The maximum atomic E-state index is 12.1. The Bertz CT molecular complexity index is 1020. The van der Waals surface area contributed by atoms with Crippen LogP contribution in [0, 0.1) is 0 Å². The molecule has 3 rings (SSSR count). The van der Waals surface area contributed by atoms with E-state index in [1.165, 1.54) is 14.0 Å². The lowest BCUT2D eigenvalue weighted by Crippen LogP contribution is -2.28. The zero-order valence-electron chi connectivity index (χ0n) is 16.9. The first kappa shape index (κ1) is 21.7. The highest BCUT2D eigenvalue weighted by molar-refractivity contribution is 9.10. The molecule has 2 aromatic carbocycles. The van der Waals surface area contributed by atoms with Gasteiger partial charge in [-0.3, -0.25) is 14.6 Å². The highest BCUT2D eigenvalue weighted by Crippen LogP contribution is 2.27. The van der Waals surface area contributed by atoms with Crippen molar-refractivity contribution in [3.63, 3.8) is 0 Å². The summed E-state index contributed by atoms with van der Waals surface area (Å²) in [6, 6.07) is 12.9. The van der Waals surface area contributed by atoms with E-state index in [-0.39, 0.29) is 12.3 Å². The largest absolute Gasteiger partial charge is 0.497 e. The monoisotopic (exact) mass is 471 g/mol. The molecule has 0 saturated carbocycles. The van der Waals surface area contributed by atoms with E-state index >= 15 is 0 Å². The Morgan fingerprint density at radius 2 is 1.93 bits per heavy atom. The number of fused-ring (bicyclic) bond motifs is 1. The average molecular weight is 472 g/mol. The van der Waals surface area contributed by atoms with Crippen molar-refractivity contribution >= 4 is 39.2 Å². The lowest BCUT2D eigenvalue weighted by molar-refractivity contribution is -0.140. The molecule has 0 unspecified atom stereocenters. The van der Waals surface area contributed by atoms with E-state index in [1.807, 2.05) is 42.5 Å². The number of esters is 1. The van der Waals surface area contributed by atoms with Gasteiger partial charge in [0.1, 0.15) is 11.8 Å². The van der Waals surface area contributed by atoms with E-state index < -0.39 is 12.0 Å². The summed E-state index contributed by atoms with van der Waals surface area (Å²) in [5, 5.41) is 4.26. The maximum Gasteiger partial charge on any atom is 0.308 e. The summed E-state index contributed by atoms with van der Waals surface area (Å²) in [4.78, 5) is 28.4. The minimum atomic E-state index is -0.582. The van der Waals surface area contributed by atoms with Gasteiger partial charge in [0.05, 0.1) is 32.1 Å². The van der Waals surface area contributed by atoms with Crippen molar-refractivity contribution in [1.82, 2.24) is 5.43 Å². The molecule has 0 aliphatic carbocycles. The fraction of sp³-hybridized carbons (Fsp3) is 0.273. The summed E-state index contributed by atoms with van der Waals surface area (Å²) in [6.45, 7) is 1.38. The molecule has 0 fully saturated rings. The quantitative estimate of drug-likeness (QED) is 0.535. The average Bonchev–Trinajstić information content (AvgIpc) is 2.89. The summed E-state index contributed by atoms with van der Waals surface area (Å²) in [7, 11) is 2.95. The highest BCUT2D eigenvalue weighted by Gasteiger charge is 2.27. The summed E-state index contributed by atoms with van der Waals surface area (Å²) in [6.07, 6.45) is 0.435. The van der Waals surface area contributed by atoms with Crippen LogP contribution < -0.4 is 10.2 Å². The smallest absolute Gasteiger partial charge is 0.308 e. The van der Waals surface area contributed by atoms with Gasteiger partial charge >= 0.3 is 5.97 Å². The van der Waals surface area contributed by atoms with Crippen LogP contribution in [0.2, 0.25) is 0 Å². The fourth-order valence-electron chi connectivity index (χ4n) is 3.18. The van der Waals surface area contributed by atoms with Crippen molar-refractivity contribution in [3.8, 4) is 5.75 Å². The molecule has 1 aliphatic rings. The Balaban J connectivity index is 2.20. The molecular weight excluding hydrogens is 450 g/mol. The molecule has 30 heavy (non-hydrogen) atoms. The van der Waals surface area contributed by atoms with E-state index in [0.29, 0.717) is 17.9 Å². The van der Waals surface area contributed by atoms with Gasteiger partial charge in [0.2, 0.25) is 5.91 Å². The molecule has 1 heterocycles. The number of hydrogen-bond donors (Lipinski definition) is 1. The molecule has 1 N–H and O–H groups in total. The van der Waals surface area contributed by atoms with Gasteiger partial charge in [-0.05, 0) is 29.8 Å². The van der Waals surface area contributed by atoms with Crippen molar-refractivity contribution in [2.75, 3.05) is 14.2 Å². The number of nitrogens with one attached hydrogen (secondary N) is 1. The van der Waals surface area contributed by atoms with Crippen LogP contribution in [-0.2, 0) is 20.7 Å². The zero-order valence-corrected chi connectivity index (χ0v) is 18.5. The topological polar surface area (TPSA) is 89.3 Å². The van der Waals surface area contributed by atoms with Gasteiger partial charge in [0.15, 0.2) is 0 Å². The molecule has 8 heteroatoms. The third-order valence-corrected chi connectivity index (χ3v) is 5.20. The molecule has 0 radical (unpaired) electrons. The van der Waals surface area contributed by atoms with Crippen LogP contribution in [0.15, 0.2) is 57.0 Å². The number of nitrogens with zero attached hydrogens (tertiary/aromatic N) is 2. The van der Waals surface area contributed by atoms with Gasteiger partial charge in [0, 0.05) is 28.9 Å². The van der Waals surface area contributed by atoms with Crippen LogP contribution >= 0.6 is 15.9 Å². The Kier molecular flexibility index (Phi) is 6.99. The number of benzene rings is 2. The molecule has 1 amide bonds. The second-order valence-corrected chi connectivity index (χ2v) is 7.67. The molecular formula is C22H22BrN3O4. The third-order valence-electron chi connectivity index (χ3n) is 4.68. The standard InChI is InChI=1S/C22H22BrN3O4/c1-13(27)25-26-20-10-15-6-9-17(29-2)11-18(15)22(14-4-7-16(23)8-5-14)24-19(20)12-21(28)30-3/h4-9,11,19H,10,12H2,1-3H3,(H,25,27)/b26-20+/t19-/m0/s1. The van der Waals surface area contributed by atoms with Crippen LogP contribution in [0.5, 0.6) is 5.75 Å². The van der Waals surface area contributed by atoms with Crippen LogP contribution in [0.4, 0.5) is 0 Å². The van der Waals surface area contributed by atoms with Crippen molar-refractivity contribution in [1.29, 1.82) is 0 Å². The second-order valence-electron chi connectivity index (χ2n) is 6.75. The van der Waals surface area contributed by atoms with Crippen molar-refractivity contribution < 1.29 is 19.1 Å². The zero-order chi connectivity index (χ0) is 21.7. The highest BCUT2D eigenvalue weighted by atomic mass is 79.9. The second kappa shape index (κ2) is 9.67. The SMILES string of the molecule is COC(=O)C[C@@H]1N=C(c2ccc(Br)cc2)c2cc(OC)ccc2C/C1=N\NC(C)=O. The van der Waals surface area contributed by atoms with Gasteiger partial charge in [0.25, 0.3) is 0 Å². The van der Waals surface area contributed by atoms with E-state index in [1.54, 1.807) is 7.11 Å². The number of carbonyl (C=O) groups is 2. The Labute approximate surface area is 183 Å². The van der Waals surface area contributed by atoms with Crippen molar-refractivity contribution in [2.24, 2.45) is 10.1 Å². The lowest BCUT2D eigenvalue weighted by Gasteiger charge is -2.13. The number of aliphatic imine (C=N–C) groups is 1. The Morgan fingerprint density at radius 3 is 2.57 bits per heavy atom. The van der Waals surface area contributed by atoms with Crippen LogP contribution in [0.25, 0.3) is 0 Å². The number of ether oxygens (including phenoxy) is 2. The lowest BCUT2D eigenvalue weighted by atomic mass is 9.95. The van der Waals surface area contributed by atoms with Crippen LogP contribution in [0.1, 0.15) is 30.0 Å². The first-order valence-corrected chi connectivity index (χ1v) is 10.1. The molecule has 2 aromatic rings. The molecule has 0 aromatic heterocycles. The van der Waals surface area contributed by atoms with E-state index in [2.05, 4.69) is 26.5 Å². The molecule has 0 spiro atoms. The summed E-state index contributed by atoms with van der Waals surface area (Å²) in [5.74, 6) is -0.000992. The summed E-state index contributed by atoms with van der Waals surface area (Å²) >= 11 is 3.46. The predicted octanol–water partition coefficient (Wildman–Crippen LogP) is 3.28. The summed E-state index contributed by atoms with van der Waals surface area (Å²) < 4.78 is 11.2. The predicted molar refractivity (Wildman–Crippen MR) is 118 cm³/mol. The van der Waals surface area contributed by atoms with E-state index in [0.717, 1.165) is 26.9 Å². The number of hydrogen-bond acceptors (Lipinski definition) is 6. The van der Waals surface area contributed by atoms with E-state index in [9.17, 15) is 9.59 Å². The summed E-state index contributed by atoms with van der Waals surface area (Å²) in [5.41, 5.74) is 6.52. The normalized spacial score (nSPS) is 16.9. The number of hydrazone groups is 1. The van der Waals surface area contributed by atoms with Crippen molar-refractivity contribution in [2.45, 2.75) is 25.8 Å². The van der Waals surface area contributed by atoms with Crippen LogP contribution in [0.3, 0.4) is 0 Å². The number of halogens is 1. The Hall–Kier alpha value is -3.00. The van der Waals surface area contributed by atoms with Gasteiger partial charge < -0.3 is 9.47 Å². The molecule has 0 bridgehead atoms. The number of carbonyl (C=O) groups excluding carboxylic acids is 2. The molecule has 1 atom stereocenters. The maximum absolute atomic E-state index is 12.1. The third kappa shape index (κ3) is 5.13. The van der Waals surface area contributed by atoms with Gasteiger partial charge in [-0.2, -0.15) is 5.10 Å². The Morgan fingerprint density at radius 1 is 1.20 bits per heavy atom. The van der Waals surface area contributed by atoms with Gasteiger partial charge in [-0.15, -0.1) is 0 Å². The molecule has 0 saturated heterocycles. The van der Waals surface area contributed by atoms with Gasteiger partial charge in [-0.1, -0.05) is 34.1 Å². The molecule has 156 valence electrons. The number of rotatable bonds is 5. The fourth-order valence-corrected chi connectivity index (χ4v) is 3.44. The first-order chi connectivity index (χ1) is 14.4. The minimum Gasteiger partial charge on any atom is -0.497 e. The van der Waals surface area contributed by atoms with Crippen LogP contribution in [-0.4, -0.2) is 43.6 Å². The minimum absolute atomic E-state index is 0.0140. The van der Waals surface area contributed by atoms with Gasteiger partial charge in [-0.25, -0.2) is 5.43 Å². The van der Waals surface area contributed by atoms with Crippen molar-refractivity contribution in [3.05, 3.63) is 63.6 Å². The van der Waals surface area contributed by atoms with E-state index in [4.69, 9.17) is 14.5 Å². The molecule has 7 nitrogen and oxygen atoms in total.